The summed E-state index contributed by atoms with van der Waals surface area (Å²) in [6.07, 6.45) is 1.74. The lowest BCUT2D eigenvalue weighted by Gasteiger charge is -2.06. The maximum absolute atomic E-state index is 11.7. The first-order chi connectivity index (χ1) is 8.09. The minimum absolute atomic E-state index is 0.205. The highest BCUT2D eigenvalue weighted by Gasteiger charge is 2.09. The first-order valence-electron chi connectivity index (χ1n) is 5.36. The van der Waals surface area contributed by atoms with Crippen LogP contribution in [0.4, 0.5) is 0 Å². The summed E-state index contributed by atoms with van der Waals surface area (Å²) >= 11 is 0. The Labute approximate surface area is 99.3 Å². The Bertz CT molecular complexity index is 612. The fourth-order valence-electron chi connectivity index (χ4n) is 1.75. The van der Waals surface area contributed by atoms with Crippen LogP contribution in [0.15, 0.2) is 47.4 Å². The van der Waals surface area contributed by atoms with Crippen molar-refractivity contribution < 1.29 is 4.79 Å². The first-order valence-corrected chi connectivity index (χ1v) is 5.36. The van der Waals surface area contributed by atoms with E-state index in [-0.39, 0.29) is 16.9 Å². The minimum atomic E-state index is -0.253. The third-order valence-electron chi connectivity index (χ3n) is 2.67. The molecular weight excluding hydrogens is 214 g/mol. The van der Waals surface area contributed by atoms with Crippen LogP contribution in [-0.4, -0.2) is 10.4 Å². The fraction of sp³-hybridized carbons (Fsp3) is 0.143. The Kier molecular flexibility index (Phi) is 2.91. The van der Waals surface area contributed by atoms with E-state index in [9.17, 15) is 9.59 Å². The van der Waals surface area contributed by atoms with Crippen molar-refractivity contribution in [2.75, 3.05) is 0 Å². The van der Waals surface area contributed by atoms with Gasteiger partial charge in [0.25, 0.3) is 5.56 Å². The van der Waals surface area contributed by atoms with Gasteiger partial charge >= 0.3 is 0 Å². The van der Waals surface area contributed by atoms with Crippen molar-refractivity contribution in [2.45, 2.75) is 6.92 Å². The number of ketones is 1. The van der Waals surface area contributed by atoms with Crippen molar-refractivity contribution in [1.29, 1.82) is 0 Å². The van der Waals surface area contributed by atoms with Gasteiger partial charge in [-0.1, -0.05) is 30.3 Å². The van der Waals surface area contributed by atoms with Crippen molar-refractivity contribution in [1.82, 2.24) is 4.57 Å². The zero-order valence-corrected chi connectivity index (χ0v) is 9.81. The number of aromatic nitrogens is 1. The van der Waals surface area contributed by atoms with Gasteiger partial charge in [0.1, 0.15) is 0 Å². The lowest BCUT2D eigenvalue weighted by atomic mass is 10.0. The molecule has 0 saturated carbocycles. The molecule has 0 atom stereocenters. The van der Waals surface area contributed by atoms with Crippen LogP contribution < -0.4 is 5.56 Å². The number of rotatable bonds is 2. The number of carbonyl (C=O) groups is 1. The first kappa shape index (κ1) is 11.3. The quantitative estimate of drug-likeness (QED) is 0.738. The Hall–Kier alpha value is -2.16. The highest BCUT2D eigenvalue weighted by atomic mass is 16.1. The van der Waals surface area contributed by atoms with E-state index in [0.717, 1.165) is 11.1 Å². The van der Waals surface area contributed by atoms with Gasteiger partial charge in [-0.3, -0.25) is 9.59 Å². The summed E-state index contributed by atoms with van der Waals surface area (Å²) in [7, 11) is 1.65. The summed E-state index contributed by atoms with van der Waals surface area (Å²) in [5.41, 5.74) is 1.84. The topological polar surface area (TPSA) is 39.1 Å². The summed E-state index contributed by atoms with van der Waals surface area (Å²) in [5, 5.41) is 0. The van der Waals surface area contributed by atoms with E-state index in [1.165, 1.54) is 11.5 Å². The van der Waals surface area contributed by atoms with Gasteiger partial charge in [0.2, 0.25) is 0 Å². The molecule has 3 heteroatoms. The van der Waals surface area contributed by atoms with Gasteiger partial charge in [-0.15, -0.1) is 0 Å². The number of hydrogen-bond acceptors (Lipinski definition) is 2. The number of Topliss-reactive ketones (excluding diaryl/α,β-unsaturated/α-hetero) is 1. The van der Waals surface area contributed by atoms with E-state index < -0.39 is 0 Å². The molecule has 1 heterocycles. The smallest absolute Gasteiger partial charge is 0.261 e. The third-order valence-corrected chi connectivity index (χ3v) is 2.67. The predicted molar refractivity (Wildman–Crippen MR) is 67.1 cm³/mol. The molecule has 3 nitrogen and oxygen atoms in total. The summed E-state index contributed by atoms with van der Waals surface area (Å²) in [6, 6.07) is 11.3. The third kappa shape index (κ3) is 2.18. The second-order valence-corrected chi connectivity index (χ2v) is 3.98. The lowest BCUT2D eigenvalue weighted by Crippen LogP contribution is -2.22. The SMILES string of the molecule is CC(=O)c1cc(-c2ccccc2)cn(C)c1=O. The summed E-state index contributed by atoms with van der Waals surface area (Å²) in [6.45, 7) is 1.41. The number of benzene rings is 1. The molecular formula is C14H13NO2. The van der Waals surface area contributed by atoms with Gasteiger partial charge in [0, 0.05) is 13.2 Å². The van der Waals surface area contributed by atoms with E-state index in [4.69, 9.17) is 0 Å². The molecule has 0 N–H and O–H groups in total. The molecule has 1 aromatic heterocycles. The summed E-state index contributed by atoms with van der Waals surface area (Å²) in [4.78, 5) is 23.1. The maximum atomic E-state index is 11.7. The van der Waals surface area contributed by atoms with Crippen LogP contribution in [0.25, 0.3) is 11.1 Å². The van der Waals surface area contributed by atoms with Crippen LogP contribution in [0, 0.1) is 0 Å². The lowest BCUT2D eigenvalue weighted by molar-refractivity contribution is 0.101. The van der Waals surface area contributed by atoms with E-state index in [0.29, 0.717) is 0 Å². The average molecular weight is 227 g/mol. The minimum Gasteiger partial charge on any atom is -0.317 e. The van der Waals surface area contributed by atoms with Crippen LogP contribution >= 0.6 is 0 Å². The summed E-state index contributed by atoms with van der Waals surface area (Å²) in [5.74, 6) is -0.205. The number of nitrogens with zero attached hydrogens (tertiary/aromatic N) is 1. The van der Waals surface area contributed by atoms with E-state index in [1.54, 1.807) is 19.3 Å². The molecule has 0 fully saturated rings. The molecule has 0 aliphatic heterocycles. The molecule has 17 heavy (non-hydrogen) atoms. The molecule has 0 spiro atoms. The monoisotopic (exact) mass is 227 g/mol. The molecule has 0 amide bonds. The van der Waals surface area contributed by atoms with Crippen LogP contribution in [0.1, 0.15) is 17.3 Å². The second-order valence-electron chi connectivity index (χ2n) is 3.98. The van der Waals surface area contributed by atoms with Gasteiger partial charge in [0.15, 0.2) is 5.78 Å². The molecule has 0 unspecified atom stereocenters. The normalized spacial score (nSPS) is 10.2. The Morgan fingerprint density at radius 2 is 1.76 bits per heavy atom. The number of pyridine rings is 1. The molecule has 0 bridgehead atoms. The fourth-order valence-corrected chi connectivity index (χ4v) is 1.75. The average Bonchev–Trinajstić information content (AvgIpc) is 2.33. The number of carbonyl (C=O) groups excluding carboxylic acids is 1. The molecule has 0 saturated heterocycles. The molecule has 2 aromatic rings. The van der Waals surface area contributed by atoms with E-state index >= 15 is 0 Å². The molecule has 0 aliphatic rings. The number of hydrogen-bond donors (Lipinski definition) is 0. The zero-order chi connectivity index (χ0) is 12.4. The van der Waals surface area contributed by atoms with E-state index in [2.05, 4.69) is 0 Å². The Morgan fingerprint density at radius 1 is 1.12 bits per heavy atom. The van der Waals surface area contributed by atoms with Gasteiger partial charge in [-0.05, 0) is 24.1 Å². The van der Waals surface area contributed by atoms with Gasteiger partial charge in [-0.25, -0.2) is 0 Å². The molecule has 86 valence electrons. The molecule has 2 rings (SSSR count). The molecule has 0 aliphatic carbocycles. The van der Waals surface area contributed by atoms with Gasteiger partial charge in [-0.2, -0.15) is 0 Å². The van der Waals surface area contributed by atoms with Crippen molar-refractivity contribution in [3.63, 3.8) is 0 Å². The van der Waals surface area contributed by atoms with Crippen LogP contribution in [0.2, 0.25) is 0 Å². The van der Waals surface area contributed by atoms with E-state index in [1.807, 2.05) is 30.3 Å². The number of aryl methyl sites for hydroxylation is 1. The van der Waals surface area contributed by atoms with Crippen LogP contribution in [0.5, 0.6) is 0 Å². The summed E-state index contributed by atoms with van der Waals surface area (Å²) < 4.78 is 1.44. The maximum Gasteiger partial charge on any atom is 0.261 e. The Morgan fingerprint density at radius 3 is 2.35 bits per heavy atom. The van der Waals surface area contributed by atoms with Crippen LogP contribution in [0.3, 0.4) is 0 Å². The van der Waals surface area contributed by atoms with Crippen molar-refractivity contribution in [3.8, 4) is 11.1 Å². The highest BCUT2D eigenvalue weighted by molar-refractivity contribution is 5.94. The second kappa shape index (κ2) is 4.37. The standard InChI is InChI=1S/C14H13NO2/c1-10(16)13-8-12(9-15(2)14(13)17)11-6-4-3-5-7-11/h3-9H,1-2H3. The van der Waals surface area contributed by atoms with Gasteiger partial charge < -0.3 is 4.57 Å². The van der Waals surface area contributed by atoms with Crippen molar-refractivity contribution >= 4 is 5.78 Å². The van der Waals surface area contributed by atoms with Crippen molar-refractivity contribution in [3.05, 3.63) is 58.5 Å². The largest absolute Gasteiger partial charge is 0.317 e. The molecule has 0 radical (unpaired) electrons. The predicted octanol–water partition coefficient (Wildman–Crippen LogP) is 2.25. The Balaban J connectivity index is 2.66. The zero-order valence-electron chi connectivity index (χ0n) is 9.81. The van der Waals surface area contributed by atoms with Gasteiger partial charge in [0.05, 0.1) is 5.56 Å². The molecule has 1 aromatic carbocycles. The van der Waals surface area contributed by atoms with Crippen LogP contribution in [-0.2, 0) is 7.05 Å². The highest BCUT2D eigenvalue weighted by Crippen LogP contribution is 2.18. The van der Waals surface area contributed by atoms with Crippen molar-refractivity contribution in [2.24, 2.45) is 7.05 Å².